The maximum absolute atomic E-state index is 11.7. The van der Waals surface area contributed by atoms with E-state index in [1.54, 1.807) is 12.1 Å². The van der Waals surface area contributed by atoms with Crippen molar-refractivity contribution in [2.45, 2.75) is 38.8 Å². The van der Waals surface area contributed by atoms with Crippen LogP contribution in [0.15, 0.2) is 16.6 Å². The number of nitro groups is 1. The molecule has 0 aromatic heterocycles. The Balaban J connectivity index is 2.44. The van der Waals surface area contributed by atoms with E-state index in [4.69, 9.17) is 9.47 Å². The summed E-state index contributed by atoms with van der Waals surface area (Å²) in [5, 5.41) is 14.0. The molecule has 2 atom stereocenters. The topological polar surface area (TPSA) is 90.7 Å². The molecule has 0 unspecified atom stereocenters. The molecule has 1 aliphatic heterocycles. The molecule has 0 radical (unpaired) electrons. The van der Waals surface area contributed by atoms with E-state index < -0.39 is 12.1 Å². The summed E-state index contributed by atoms with van der Waals surface area (Å²) in [5.41, 5.74) is 0.624. The number of hydrogen-bond donors (Lipinski definition) is 1. The number of ether oxygens (including phenoxy) is 2. The van der Waals surface area contributed by atoms with Crippen molar-refractivity contribution in [3.63, 3.8) is 0 Å². The van der Waals surface area contributed by atoms with Crippen LogP contribution in [0.1, 0.15) is 38.3 Å². The minimum absolute atomic E-state index is 0.165. The highest BCUT2D eigenvalue weighted by molar-refractivity contribution is 9.10. The summed E-state index contributed by atoms with van der Waals surface area (Å²) in [6.07, 6.45) is 0.386. The lowest BCUT2D eigenvalue weighted by atomic mass is 9.92. The van der Waals surface area contributed by atoms with Gasteiger partial charge in [0.15, 0.2) is 11.5 Å². The largest absolute Gasteiger partial charge is 0.490 e. The molecular formula is C15H19BrN2O5. The summed E-state index contributed by atoms with van der Waals surface area (Å²) in [7, 11) is 0. The van der Waals surface area contributed by atoms with Gasteiger partial charge in [-0.25, -0.2) is 0 Å². The van der Waals surface area contributed by atoms with Gasteiger partial charge in [0, 0.05) is 17.8 Å². The molecule has 1 saturated heterocycles. The summed E-state index contributed by atoms with van der Waals surface area (Å²) < 4.78 is 11.8. The third-order valence-electron chi connectivity index (χ3n) is 3.62. The first kappa shape index (κ1) is 17.5. The Morgan fingerprint density at radius 3 is 2.65 bits per heavy atom. The van der Waals surface area contributed by atoms with Crippen molar-refractivity contribution in [2.75, 3.05) is 13.2 Å². The summed E-state index contributed by atoms with van der Waals surface area (Å²) in [6, 6.07) is 1.90. The van der Waals surface area contributed by atoms with E-state index in [0.29, 0.717) is 34.7 Å². The van der Waals surface area contributed by atoms with Gasteiger partial charge in [-0.2, -0.15) is 0 Å². The summed E-state index contributed by atoms with van der Waals surface area (Å²) >= 11 is 3.42. The highest BCUT2D eigenvalue weighted by atomic mass is 79.9. The van der Waals surface area contributed by atoms with Crippen molar-refractivity contribution in [3.05, 3.63) is 32.3 Å². The van der Waals surface area contributed by atoms with Crippen molar-refractivity contribution >= 4 is 21.8 Å². The van der Waals surface area contributed by atoms with E-state index in [2.05, 4.69) is 21.2 Å². The summed E-state index contributed by atoms with van der Waals surface area (Å²) in [6.45, 7) is 4.61. The fraction of sp³-hybridized carbons (Fsp3) is 0.533. The number of benzene rings is 1. The number of rotatable bonds is 6. The first-order valence-electron chi connectivity index (χ1n) is 7.49. The molecule has 23 heavy (non-hydrogen) atoms. The molecule has 2 rings (SSSR count). The Kier molecular flexibility index (Phi) is 5.81. The second-order valence-corrected chi connectivity index (χ2v) is 5.99. The first-order valence-corrected chi connectivity index (χ1v) is 8.29. The SMILES string of the molecule is CCOc1cc([C@H]2NC(=O)CC[C@H]2[N+](=O)[O-])cc(Br)c1OCC. The average Bonchev–Trinajstić information content (AvgIpc) is 2.50. The standard InChI is InChI=1S/C15H19BrN2O5/c1-3-22-12-8-9(7-10(16)15(12)23-4-2)14-11(18(20)21)5-6-13(19)17-14/h7-8,11,14H,3-6H2,1-2H3,(H,17,19)/t11-,14-/m1/s1. The van der Waals surface area contributed by atoms with Gasteiger partial charge in [0.2, 0.25) is 11.9 Å². The minimum Gasteiger partial charge on any atom is -0.490 e. The fourth-order valence-electron chi connectivity index (χ4n) is 2.63. The molecule has 0 spiro atoms. The maximum Gasteiger partial charge on any atom is 0.237 e. The van der Waals surface area contributed by atoms with Gasteiger partial charge in [-0.05, 0) is 47.5 Å². The highest BCUT2D eigenvalue weighted by Gasteiger charge is 2.38. The molecule has 8 heteroatoms. The van der Waals surface area contributed by atoms with Gasteiger partial charge in [-0.15, -0.1) is 0 Å². The summed E-state index contributed by atoms with van der Waals surface area (Å²) in [5.74, 6) is 0.870. The zero-order chi connectivity index (χ0) is 17.0. The van der Waals surface area contributed by atoms with Gasteiger partial charge < -0.3 is 14.8 Å². The zero-order valence-corrected chi connectivity index (χ0v) is 14.6. The van der Waals surface area contributed by atoms with Crippen LogP contribution in [0.5, 0.6) is 11.5 Å². The molecule has 0 saturated carbocycles. The fourth-order valence-corrected chi connectivity index (χ4v) is 3.21. The second-order valence-electron chi connectivity index (χ2n) is 5.13. The Bertz CT molecular complexity index is 608. The molecule has 0 aliphatic carbocycles. The van der Waals surface area contributed by atoms with Gasteiger partial charge in [-0.1, -0.05) is 0 Å². The van der Waals surface area contributed by atoms with E-state index in [0.717, 1.165) is 0 Å². The number of amides is 1. The van der Waals surface area contributed by atoms with Crippen molar-refractivity contribution in [3.8, 4) is 11.5 Å². The van der Waals surface area contributed by atoms with Gasteiger partial charge in [0.1, 0.15) is 6.04 Å². The first-order chi connectivity index (χ1) is 11.0. The van der Waals surface area contributed by atoms with Crippen molar-refractivity contribution in [1.29, 1.82) is 0 Å². The molecule has 1 aromatic carbocycles. The number of nitrogens with one attached hydrogen (secondary N) is 1. The minimum atomic E-state index is -0.855. The van der Waals surface area contributed by atoms with E-state index in [9.17, 15) is 14.9 Å². The van der Waals surface area contributed by atoms with Crippen LogP contribution in [0.2, 0.25) is 0 Å². The molecule has 1 N–H and O–H groups in total. The van der Waals surface area contributed by atoms with Crippen LogP contribution in [0.25, 0.3) is 0 Å². The van der Waals surface area contributed by atoms with Crippen LogP contribution in [0.4, 0.5) is 0 Å². The van der Waals surface area contributed by atoms with Gasteiger partial charge in [0.25, 0.3) is 0 Å². The van der Waals surface area contributed by atoms with Crippen LogP contribution in [-0.4, -0.2) is 30.1 Å². The molecule has 0 bridgehead atoms. The van der Waals surface area contributed by atoms with E-state index >= 15 is 0 Å². The third-order valence-corrected chi connectivity index (χ3v) is 4.21. The zero-order valence-electron chi connectivity index (χ0n) is 13.0. The van der Waals surface area contributed by atoms with E-state index in [1.807, 2.05) is 13.8 Å². The number of piperidine rings is 1. The Morgan fingerprint density at radius 2 is 2.04 bits per heavy atom. The van der Waals surface area contributed by atoms with Crippen molar-refractivity contribution in [2.24, 2.45) is 0 Å². The number of carbonyl (C=O) groups excluding carboxylic acids is 1. The third kappa shape index (κ3) is 3.93. The number of hydrogen-bond acceptors (Lipinski definition) is 5. The monoisotopic (exact) mass is 386 g/mol. The molecule has 126 valence electrons. The number of nitrogens with zero attached hydrogens (tertiary/aromatic N) is 1. The number of carbonyl (C=O) groups is 1. The van der Waals surface area contributed by atoms with Crippen molar-refractivity contribution < 1.29 is 19.2 Å². The van der Waals surface area contributed by atoms with E-state index in [1.165, 1.54) is 0 Å². The Labute approximate surface area is 142 Å². The van der Waals surface area contributed by atoms with E-state index in [-0.39, 0.29) is 23.7 Å². The molecule has 1 amide bonds. The van der Waals surface area contributed by atoms with Crippen LogP contribution in [0.3, 0.4) is 0 Å². The quantitative estimate of drug-likeness (QED) is 0.599. The Morgan fingerprint density at radius 1 is 1.35 bits per heavy atom. The maximum atomic E-state index is 11.7. The van der Waals surface area contributed by atoms with Gasteiger partial charge in [-0.3, -0.25) is 14.9 Å². The molecule has 7 nitrogen and oxygen atoms in total. The lowest BCUT2D eigenvalue weighted by Crippen LogP contribution is -2.45. The van der Waals surface area contributed by atoms with Crippen LogP contribution >= 0.6 is 15.9 Å². The molecule has 1 heterocycles. The van der Waals surface area contributed by atoms with Gasteiger partial charge in [0.05, 0.1) is 17.7 Å². The lowest BCUT2D eigenvalue weighted by Gasteiger charge is -2.27. The average molecular weight is 387 g/mol. The smallest absolute Gasteiger partial charge is 0.237 e. The molecule has 1 fully saturated rings. The Hall–Kier alpha value is -1.83. The second kappa shape index (κ2) is 7.63. The summed E-state index contributed by atoms with van der Waals surface area (Å²) in [4.78, 5) is 22.6. The molecular weight excluding hydrogens is 368 g/mol. The predicted molar refractivity (Wildman–Crippen MR) is 87.4 cm³/mol. The lowest BCUT2D eigenvalue weighted by molar-refractivity contribution is -0.529. The molecule has 1 aromatic rings. The van der Waals surface area contributed by atoms with Crippen LogP contribution < -0.4 is 14.8 Å². The van der Waals surface area contributed by atoms with Crippen LogP contribution in [0, 0.1) is 10.1 Å². The highest BCUT2D eigenvalue weighted by Crippen LogP contribution is 2.40. The predicted octanol–water partition coefficient (Wildman–Crippen LogP) is 2.84. The van der Waals surface area contributed by atoms with Crippen LogP contribution in [-0.2, 0) is 4.79 Å². The normalized spacial score (nSPS) is 20.7. The molecule has 1 aliphatic rings. The number of halogens is 1. The van der Waals surface area contributed by atoms with Crippen molar-refractivity contribution in [1.82, 2.24) is 5.32 Å². The van der Waals surface area contributed by atoms with Gasteiger partial charge >= 0.3 is 0 Å².